The molecule has 0 aliphatic carbocycles. The van der Waals surface area contributed by atoms with Crippen LogP contribution >= 0.6 is 34.4 Å². The zero-order valence-electron chi connectivity index (χ0n) is 16.2. The van der Waals surface area contributed by atoms with Crippen molar-refractivity contribution >= 4 is 57.5 Å². The van der Waals surface area contributed by atoms with Crippen molar-refractivity contribution in [1.82, 2.24) is 4.90 Å². The first kappa shape index (κ1) is 22.2. The molecule has 1 N–H and O–H groups in total. The van der Waals surface area contributed by atoms with E-state index in [2.05, 4.69) is 0 Å². The molecule has 3 rings (SSSR count). The molecule has 1 aliphatic heterocycles. The number of hydrogen-bond acceptors (Lipinski definition) is 6. The predicted molar refractivity (Wildman–Crippen MR) is 122 cm³/mol. The third kappa shape index (κ3) is 5.14. The Hall–Kier alpha value is -2.53. The highest BCUT2D eigenvalue weighted by atomic mass is 127. The van der Waals surface area contributed by atoms with Crippen molar-refractivity contribution in [3.8, 4) is 11.5 Å². The average molecular weight is 539 g/mol. The maximum absolute atomic E-state index is 12.8. The van der Waals surface area contributed by atoms with Crippen molar-refractivity contribution < 1.29 is 29.0 Å². The summed E-state index contributed by atoms with van der Waals surface area (Å²) in [6.07, 6.45) is 1.62. The fourth-order valence-electron chi connectivity index (χ4n) is 2.88. The molecule has 1 heterocycles. The van der Waals surface area contributed by atoms with Gasteiger partial charge in [0, 0.05) is 0 Å². The van der Waals surface area contributed by atoms with Crippen LogP contribution in [0.2, 0.25) is 0 Å². The molecular weight excluding hydrogens is 521 g/mol. The molecule has 7 nitrogen and oxygen atoms in total. The molecule has 156 valence electrons. The predicted octanol–water partition coefficient (Wildman–Crippen LogP) is 4.31. The normalized spacial score (nSPS) is 15.0. The van der Waals surface area contributed by atoms with Crippen molar-refractivity contribution in [3.63, 3.8) is 0 Å². The Morgan fingerprint density at radius 2 is 2.03 bits per heavy atom. The maximum Gasteiger partial charge on any atom is 0.341 e. The van der Waals surface area contributed by atoms with E-state index >= 15 is 0 Å². The summed E-state index contributed by atoms with van der Waals surface area (Å²) >= 11 is 2.89. The summed E-state index contributed by atoms with van der Waals surface area (Å²) in [5, 5.41) is 8.50. The minimum absolute atomic E-state index is 0.215. The Kier molecular flexibility index (Phi) is 7.03. The zero-order chi connectivity index (χ0) is 21.8. The molecule has 1 saturated heterocycles. The fourth-order valence-corrected chi connectivity index (χ4v) is 4.50. The van der Waals surface area contributed by atoms with Gasteiger partial charge >= 0.3 is 5.97 Å². The number of amides is 2. The second-order valence-electron chi connectivity index (χ2n) is 6.47. The van der Waals surface area contributed by atoms with Gasteiger partial charge in [-0.25, -0.2) is 4.79 Å². The van der Waals surface area contributed by atoms with Crippen LogP contribution in [0.25, 0.3) is 6.08 Å². The largest absolute Gasteiger partial charge is 0.493 e. The molecule has 0 atom stereocenters. The number of hydrogen-bond donors (Lipinski definition) is 1. The van der Waals surface area contributed by atoms with E-state index in [0.29, 0.717) is 25.5 Å². The molecular formula is C21H18INO6S. The molecule has 0 radical (unpaired) electrons. The minimum Gasteiger partial charge on any atom is -0.493 e. The SMILES string of the molecule is COc1cc(/C=C2\SC(=O)N(Cc3cccc(C)c3)C2=O)cc(I)c1OCC(=O)O. The number of aliphatic carboxylic acids is 1. The van der Waals surface area contributed by atoms with Crippen molar-refractivity contribution in [1.29, 1.82) is 0 Å². The van der Waals surface area contributed by atoms with Gasteiger partial charge < -0.3 is 14.6 Å². The summed E-state index contributed by atoms with van der Waals surface area (Å²) in [5.41, 5.74) is 2.58. The number of benzene rings is 2. The summed E-state index contributed by atoms with van der Waals surface area (Å²) in [7, 11) is 1.44. The highest BCUT2D eigenvalue weighted by Gasteiger charge is 2.35. The number of imide groups is 1. The number of carbonyl (C=O) groups excluding carboxylic acids is 2. The number of carbonyl (C=O) groups is 3. The molecule has 30 heavy (non-hydrogen) atoms. The van der Waals surface area contributed by atoms with E-state index in [1.165, 1.54) is 12.0 Å². The van der Waals surface area contributed by atoms with E-state index in [0.717, 1.165) is 22.9 Å². The molecule has 1 aliphatic rings. The number of aryl methyl sites for hydroxylation is 1. The van der Waals surface area contributed by atoms with Gasteiger partial charge in [-0.2, -0.15) is 0 Å². The topological polar surface area (TPSA) is 93.1 Å². The van der Waals surface area contributed by atoms with Crippen LogP contribution in [0, 0.1) is 10.5 Å². The van der Waals surface area contributed by atoms with Crippen molar-refractivity contribution in [3.05, 3.63) is 61.6 Å². The van der Waals surface area contributed by atoms with E-state index in [-0.39, 0.29) is 17.7 Å². The van der Waals surface area contributed by atoms with Crippen molar-refractivity contribution in [2.75, 3.05) is 13.7 Å². The highest BCUT2D eigenvalue weighted by molar-refractivity contribution is 14.1. The Balaban J connectivity index is 1.84. The van der Waals surface area contributed by atoms with Gasteiger partial charge in [-0.05, 0) is 70.6 Å². The molecule has 2 aromatic rings. The number of ether oxygens (including phenoxy) is 2. The summed E-state index contributed by atoms with van der Waals surface area (Å²) in [6, 6.07) is 11.0. The van der Waals surface area contributed by atoms with Gasteiger partial charge in [0.1, 0.15) is 0 Å². The van der Waals surface area contributed by atoms with Gasteiger partial charge in [0.2, 0.25) is 0 Å². The number of carboxylic acids is 1. The molecule has 0 spiro atoms. The van der Waals surface area contributed by atoms with Gasteiger partial charge in [0.05, 0.1) is 22.1 Å². The van der Waals surface area contributed by atoms with Crippen LogP contribution in [0.1, 0.15) is 16.7 Å². The van der Waals surface area contributed by atoms with E-state index in [1.807, 2.05) is 53.8 Å². The number of methoxy groups -OCH3 is 1. The van der Waals surface area contributed by atoms with Crippen LogP contribution < -0.4 is 9.47 Å². The molecule has 0 unspecified atom stereocenters. The monoisotopic (exact) mass is 539 g/mol. The molecule has 9 heteroatoms. The molecule has 0 saturated carbocycles. The Morgan fingerprint density at radius 1 is 1.27 bits per heavy atom. The van der Waals surface area contributed by atoms with Crippen LogP contribution in [-0.2, 0) is 16.1 Å². The average Bonchev–Trinajstić information content (AvgIpc) is 2.94. The minimum atomic E-state index is -1.10. The van der Waals surface area contributed by atoms with E-state index in [4.69, 9.17) is 14.6 Å². The van der Waals surface area contributed by atoms with Gasteiger partial charge in [-0.1, -0.05) is 29.8 Å². The maximum atomic E-state index is 12.8. The van der Waals surface area contributed by atoms with Crippen LogP contribution in [0.15, 0.2) is 41.3 Å². The van der Waals surface area contributed by atoms with Crippen LogP contribution in [0.5, 0.6) is 11.5 Å². The van der Waals surface area contributed by atoms with Crippen LogP contribution in [0.4, 0.5) is 4.79 Å². The van der Waals surface area contributed by atoms with Crippen LogP contribution in [0.3, 0.4) is 0 Å². The third-order valence-electron chi connectivity index (χ3n) is 4.19. The Labute approximate surface area is 191 Å². The second-order valence-corrected chi connectivity index (χ2v) is 8.63. The standard InChI is InChI=1S/C21H18INO6S/c1-12-4-3-5-13(6-12)10-23-20(26)17(30-21(23)27)9-14-7-15(22)19(16(8-14)28-2)29-11-18(24)25/h3-9H,10-11H2,1-2H3,(H,24,25)/b17-9-. The summed E-state index contributed by atoms with van der Waals surface area (Å²) < 4.78 is 11.2. The van der Waals surface area contributed by atoms with Gasteiger partial charge in [0.15, 0.2) is 18.1 Å². The van der Waals surface area contributed by atoms with E-state index < -0.39 is 12.6 Å². The van der Waals surface area contributed by atoms with E-state index in [1.54, 1.807) is 18.2 Å². The second kappa shape index (κ2) is 9.52. The quantitative estimate of drug-likeness (QED) is 0.414. The molecule has 0 bridgehead atoms. The van der Waals surface area contributed by atoms with Gasteiger partial charge in [0.25, 0.3) is 11.1 Å². The number of thioether (sulfide) groups is 1. The van der Waals surface area contributed by atoms with Crippen molar-refractivity contribution in [2.24, 2.45) is 0 Å². The van der Waals surface area contributed by atoms with E-state index in [9.17, 15) is 14.4 Å². The van der Waals surface area contributed by atoms with Gasteiger partial charge in [-0.15, -0.1) is 0 Å². The lowest BCUT2D eigenvalue weighted by molar-refractivity contribution is -0.139. The number of halogens is 1. The zero-order valence-corrected chi connectivity index (χ0v) is 19.2. The molecule has 1 fully saturated rings. The molecule has 2 amide bonds. The first-order valence-electron chi connectivity index (χ1n) is 8.81. The number of carboxylic acid groups (broad SMARTS) is 1. The first-order valence-corrected chi connectivity index (χ1v) is 10.7. The summed E-state index contributed by atoms with van der Waals surface area (Å²) in [5.74, 6) is -0.801. The lowest BCUT2D eigenvalue weighted by Gasteiger charge is -2.13. The summed E-state index contributed by atoms with van der Waals surface area (Å²) in [6.45, 7) is 1.67. The summed E-state index contributed by atoms with van der Waals surface area (Å²) in [4.78, 5) is 37.5. The fraction of sp³-hybridized carbons (Fsp3) is 0.190. The highest BCUT2D eigenvalue weighted by Crippen LogP contribution is 2.37. The lowest BCUT2D eigenvalue weighted by Crippen LogP contribution is -2.27. The number of rotatable bonds is 7. The first-order chi connectivity index (χ1) is 14.3. The molecule has 0 aromatic heterocycles. The smallest absolute Gasteiger partial charge is 0.341 e. The Morgan fingerprint density at radius 3 is 2.70 bits per heavy atom. The third-order valence-corrected chi connectivity index (χ3v) is 5.89. The number of nitrogens with zero attached hydrogens (tertiary/aromatic N) is 1. The Bertz CT molecular complexity index is 1050. The lowest BCUT2D eigenvalue weighted by atomic mass is 10.1. The van der Waals surface area contributed by atoms with Gasteiger partial charge in [-0.3, -0.25) is 14.5 Å². The van der Waals surface area contributed by atoms with Crippen molar-refractivity contribution in [2.45, 2.75) is 13.5 Å². The van der Waals surface area contributed by atoms with Crippen LogP contribution in [-0.4, -0.2) is 40.8 Å². The molecule has 2 aromatic carbocycles.